The van der Waals surface area contributed by atoms with Crippen LogP contribution < -0.4 is 5.32 Å². The molecule has 0 radical (unpaired) electrons. The summed E-state index contributed by atoms with van der Waals surface area (Å²) >= 11 is 0. The monoisotopic (exact) mass is 392 g/mol. The van der Waals surface area contributed by atoms with Crippen LogP contribution in [0, 0.1) is 5.92 Å². The van der Waals surface area contributed by atoms with Gasteiger partial charge in [-0.1, -0.05) is 37.1 Å². The lowest BCUT2D eigenvalue weighted by molar-refractivity contribution is 0.0927. The number of pyridine rings is 1. The van der Waals surface area contributed by atoms with Gasteiger partial charge in [-0.15, -0.1) is 0 Å². The van der Waals surface area contributed by atoms with Crippen LogP contribution in [0.4, 0.5) is 5.82 Å². The molecular formula is C25H32N2O2. The van der Waals surface area contributed by atoms with E-state index in [1.54, 1.807) is 12.3 Å². The van der Waals surface area contributed by atoms with E-state index in [4.69, 9.17) is 0 Å². The molecule has 4 heteroatoms. The number of anilines is 1. The molecule has 2 N–H and O–H groups in total. The number of nitrogens with zero attached hydrogens (tertiary/aromatic N) is 1. The molecule has 2 aromatic rings. The molecule has 1 fully saturated rings. The topological polar surface area (TPSA) is 62.2 Å². The van der Waals surface area contributed by atoms with Crippen molar-refractivity contribution in [1.29, 1.82) is 0 Å². The Labute approximate surface area is 173 Å². The number of aliphatic hydroxyl groups excluding tert-OH is 1. The van der Waals surface area contributed by atoms with E-state index in [2.05, 4.69) is 34.6 Å². The number of benzene rings is 1. The van der Waals surface area contributed by atoms with Crippen LogP contribution in [0.1, 0.15) is 72.9 Å². The maximum absolute atomic E-state index is 12.6. The number of nitrogens with one attached hydrogen (secondary N) is 1. The lowest BCUT2D eigenvalue weighted by atomic mass is 9.95. The second kappa shape index (κ2) is 9.53. The minimum Gasteiger partial charge on any atom is -0.393 e. The normalized spacial score (nSPS) is 18.0. The van der Waals surface area contributed by atoms with Gasteiger partial charge in [-0.25, -0.2) is 4.98 Å². The predicted molar refractivity (Wildman–Crippen MR) is 116 cm³/mol. The van der Waals surface area contributed by atoms with Gasteiger partial charge < -0.3 is 10.4 Å². The number of fused-ring (bicyclic) bond motifs is 1. The Kier molecular flexibility index (Phi) is 6.60. The molecule has 0 spiro atoms. The highest BCUT2D eigenvalue weighted by molar-refractivity contribution is 5.96. The molecular weight excluding hydrogens is 360 g/mol. The van der Waals surface area contributed by atoms with Crippen LogP contribution in [0.15, 0.2) is 42.6 Å². The molecule has 4 nitrogen and oxygen atoms in total. The van der Waals surface area contributed by atoms with Crippen molar-refractivity contribution in [2.45, 2.75) is 76.4 Å². The summed E-state index contributed by atoms with van der Waals surface area (Å²) in [7, 11) is 0. The second-order valence-corrected chi connectivity index (χ2v) is 8.79. The maximum atomic E-state index is 12.6. The fraction of sp³-hybridized carbons (Fsp3) is 0.520. The number of hydrogen-bond donors (Lipinski definition) is 2. The quantitative estimate of drug-likeness (QED) is 0.593. The Morgan fingerprint density at radius 2 is 1.83 bits per heavy atom. The van der Waals surface area contributed by atoms with Crippen LogP contribution in [-0.4, -0.2) is 28.0 Å². The van der Waals surface area contributed by atoms with Crippen molar-refractivity contribution in [3.05, 3.63) is 59.3 Å². The summed E-state index contributed by atoms with van der Waals surface area (Å²) in [6.45, 7) is 0. The summed E-state index contributed by atoms with van der Waals surface area (Å²) in [6.07, 6.45) is 11.2. The maximum Gasteiger partial charge on any atom is 0.163 e. The number of aromatic nitrogens is 1. The molecule has 2 aliphatic rings. The first-order valence-corrected chi connectivity index (χ1v) is 11.2. The van der Waals surface area contributed by atoms with Crippen molar-refractivity contribution in [2.75, 3.05) is 5.32 Å². The van der Waals surface area contributed by atoms with E-state index in [1.165, 1.54) is 36.8 Å². The first-order chi connectivity index (χ1) is 14.2. The van der Waals surface area contributed by atoms with E-state index in [-0.39, 0.29) is 5.78 Å². The van der Waals surface area contributed by atoms with E-state index in [0.29, 0.717) is 30.4 Å². The van der Waals surface area contributed by atoms with Gasteiger partial charge in [0.1, 0.15) is 5.82 Å². The fourth-order valence-electron chi connectivity index (χ4n) is 4.83. The minimum atomic E-state index is -0.402. The first kappa shape index (κ1) is 20.1. The molecule has 0 saturated heterocycles. The largest absolute Gasteiger partial charge is 0.393 e. The third kappa shape index (κ3) is 5.45. The molecule has 1 aromatic carbocycles. The van der Waals surface area contributed by atoms with Crippen molar-refractivity contribution in [3.8, 4) is 0 Å². The predicted octanol–water partition coefficient (Wildman–Crippen LogP) is 4.96. The standard InChI is InChI=1S/C25H32N2O2/c28-23(10-9-18-15-19-5-1-2-6-20(19)16-18)11-12-24(29)21-13-14-26-25(17-21)27-22-7-3-4-8-22/h1-2,5-6,13-14,17-18,22-23,28H,3-4,7-12,15-16H2,(H,26,27). The smallest absolute Gasteiger partial charge is 0.163 e. The summed E-state index contributed by atoms with van der Waals surface area (Å²) in [5, 5.41) is 13.8. The van der Waals surface area contributed by atoms with Gasteiger partial charge in [-0.05, 0) is 74.1 Å². The van der Waals surface area contributed by atoms with Gasteiger partial charge in [-0.3, -0.25) is 4.79 Å². The minimum absolute atomic E-state index is 0.0918. The molecule has 1 heterocycles. The van der Waals surface area contributed by atoms with Crippen molar-refractivity contribution in [3.63, 3.8) is 0 Å². The number of aliphatic hydroxyl groups is 1. The molecule has 4 rings (SSSR count). The van der Waals surface area contributed by atoms with Gasteiger partial charge in [0, 0.05) is 24.2 Å². The third-order valence-corrected chi connectivity index (χ3v) is 6.54. The number of carbonyl (C=O) groups is 1. The van der Waals surface area contributed by atoms with Crippen molar-refractivity contribution >= 4 is 11.6 Å². The van der Waals surface area contributed by atoms with Gasteiger partial charge in [0.15, 0.2) is 5.78 Å². The highest BCUT2D eigenvalue weighted by Gasteiger charge is 2.22. The SMILES string of the molecule is O=C(CCC(O)CCC1Cc2ccccc2C1)c1ccnc(NC2CCCC2)c1. The Morgan fingerprint density at radius 3 is 2.55 bits per heavy atom. The zero-order valence-corrected chi connectivity index (χ0v) is 17.1. The van der Waals surface area contributed by atoms with Crippen molar-refractivity contribution < 1.29 is 9.90 Å². The van der Waals surface area contributed by atoms with Crippen molar-refractivity contribution in [1.82, 2.24) is 4.98 Å². The summed E-state index contributed by atoms with van der Waals surface area (Å²) < 4.78 is 0. The third-order valence-electron chi connectivity index (χ3n) is 6.54. The van der Waals surface area contributed by atoms with E-state index in [0.717, 1.165) is 31.5 Å². The molecule has 0 bridgehead atoms. The average molecular weight is 393 g/mol. The average Bonchev–Trinajstić information content (AvgIpc) is 3.40. The van der Waals surface area contributed by atoms with Crippen LogP contribution in [0.25, 0.3) is 0 Å². The molecule has 1 atom stereocenters. The molecule has 0 amide bonds. The molecule has 29 heavy (non-hydrogen) atoms. The molecule has 1 aromatic heterocycles. The molecule has 2 aliphatic carbocycles. The van der Waals surface area contributed by atoms with E-state index < -0.39 is 6.10 Å². The number of Topliss-reactive ketones (excluding diaryl/α,β-unsaturated/α-hetero) is 1. The van der Waals surface area contributed by atoms with Gasteiger partial charge in [0.2, 0.25) is 0 Å². The van der Waals surface area contributed by atoms with E-state index >= 15 is 0 Å². The summed E-state index contributed by atoms with van der Waals surface area (Å²) in [4.78, 5) is 16.9. The zero-order valence-electron chi connectivity index (χ0n) is 17.1. The van der Waals surface area contributed by atoms with Gasteiger partial charge in [0.25, 0.3) is 0 Å². The Bertz CT molecular complexity index is 804. The van der Waals surface area contributed by atoms with Crippen LogP contribution in [-0.2, 0) is 12.8 Å². The van der Waals surface area contributed by atoms with Crippen molar-refractivity contribution in [2.24, 2.45) is 5.92 Å². The Balaban J connectivity index is 1.20. The van der Waals surface area contributed by atoms with Crippen LogP contribution in [0.2, 0.25) is 0 Å². The number of hydrogen-bond acceptors (Lipinski definition) is 4. The van der Waals surface area contributed by atoms with Crippen LogP contribution >= 0.6 is 0 Å². The van der Waals surface area contributed by atoms with Gasteiger partial charge >= 0.3 is 0 Å². The summed E-state index contributed by atoms with van der Waals surface area (Å²) in [6, 6.07) is 12.8. The summed E-state index contributed by atoms with van der Waals surface area (Å²) in [5.41, 5.74) is 3.61. The fourth-order valence-corrected chi connectivity index (χ4v) is 4.83. The number of carbonyl (C=O) groups excluding carboxylic acids is 1. The molecule has 1 unspecified atom stereocenters. The Hall–Kier alpha value is -2.20. The highest BCUT2D eigenvalue weighted by Crippen LogP contribution is 2.30. The van der Waals surface area contributed by atoms with Crippen LogP contribution in [0.5, 0.6) is 0 Å². The molecule has 154 valence electrons. The first-order valence-electron chi connectivity index (χ1n) is 11.2. The van der Waals surface area contributed by atoms with Crippen LogP contribution in [0.3, 0.4) is 0 Å². The zero-order chi connectivity index (χ0) is 20.1. The Morgan fingerprint density at radius 1 is 1.10 bits per heavy atom. The van der Waals surface area contributed by atoms with E-state index in [9.17, 15) is 9.90 Å². The summed E-state index contributed by atoms with van der Waals surface area (Å²) in [5.74, 6) is 1.51. The molecule has 0 aliphatic heterocycles. The van der Waals surface area contributed by atoms with Gasteiger partial charge in [-0.2, -0.15) is 0 Å². The lowest BCUT2D eigenvalue weighted by Crippen LogP contribution is -2.16. The lowest BCUT2D eigenvalue weighted by Gasteiger charge is -2.14. The molecule has 1 saturated carbocycles. The number of rotatable bonds is 9. The number of ketones is 1. The second-order valence-electron chi connectivity index (χ2n) is 8.79. The highest BCUT2D eigenvalue weighted by atomic mass is 16.3. The van der Waals surface area contributed by atoms with E-state index in [1.807, 2.05) is 6.07 Å². The van der Waals surface area contributed by atoms with Gasteiger partial charge in [0.05, 0.1) is 6.10 Å².